The molecule has 0 bridgehead atoms. The minimum atomic E-state index is -0.374. The number of hydrogen-bond donors (Lipinski definition) is 2. The molecular formula is C8H20N3O+. The maximum Gasteiger partial charge on any atom is 0.191 e. The summed E-state index contributed by atoms with van der Waals surface area (Å²) >= 11 is 0. The van der Waals surface area contributed by atoms with Crippen molar-refractivity contribution in [3.05, 3.63) is 0 Å². The fourth-order valence-corrected chi connectivity index (χ4v) is 1.38. The Morgan fingerprint density at radius 2 is 2.17 bits per heavy atom. The van der Waals surface area contributed by atoms with E-state index in [9.17, 15) is 0 Å². The molecule has 4 nitrogen and oxygen atoms in total. The van der Waals surface area contributed by atoms with Crippen molar-refractivity contribution < 1.29 is 10.8 Å². The monoisotopic (exact) mass is 174 g/mol. The van der Waals surface area contributed by atoms with Crippen LogP contribution < -0.4 is 5.73 Å². The zero-order chi connectivity index (χ0) is 9.14. The molecule has 0 saturated carbocycles. The topological polar surface area (TPSA) is 54.4 Å². The zero-order valence-electron chi connectivity index (χ0n) is 8.03. The first-order valence-electron chi connectivity index (χ1n) is 4.48. The summed E-state index contributed by atoms with van der Waals surface area (Å²) in [7, 11) is 4.15. The largest absolute Gasteiger partial charge is 0.345 e. The molecule has 0 aromatic carbocycles. The molecule has 4 heteroatoms. The van der Waals surface area contributed by atoms with Gasteiger partial charge in [0.1, 0.15) is 0 Å². The van der Waals surface area contributed by atoms with E-state index < -0.39 is 0 Å². The van der Waals surface area contributed by atoms with Crippen LogP contribution in [0.2, 0.25) is 0 Å². The lowest BCUT2D eigenvalue weighted by Crippen LogP contribution is -2.70. The van der Waals surface area contributed by atoms with Crippen molar-refractivity contribution in [3.63, 3.8) is 0 Å². The summed E-state index contributed by atoms with van der Waals surface area (Å²) in [5.41, 5.74) is 3.61. The second-order valence-corrected chi connectivity index (χ2v) is 3.89. The zero-order valence-corrected chi connectivity index (χ0v) is 8.03. The molecule has 0 amide bonds. The Bertz CT molecular complexity index is 130. The first-order chi connectivity index (χ1) is 5.59. The molecule has 0 spiro atoms. The van der Waals surface area contributed by atoms with Gasteiger partial charge in [0, 0.05) is 26.2 Å². The predicted molar refractivity (Wildman–Crippen MR) is 47.4 cm³/mol. The van der Waals surface area contributed by atoms with Gasteiger partial charge >= 0.3 is 0 Å². The Hall–Kier alpha value is -0.160. The van der Waals surface area contributed by atoms with E-state index in [-0.39, 0.29) is 6.23 Å². The second kappa shape index (κ2) is 4.18. The molecule has 0 aromatic rings. The molecule has 0 aromatic heterocycles. The third-order valence-corrected chi connectivity index (χ3v) is 2.39. The van der Waals surface area contributed by atoms with Gasteiger partial charge in [0.2, 0.25) is 0 Å². The van der Waals surface area contributed by atoms with Crippen molar-refractivity contribution in [1.29, 1.82) is 0 Å². The van der Waals surface area contributed by atoms with Crippen LogP contribution in [-0.2, 0) is 0 Å². The van der Waals surface area contributed by atoms with Crippen LogP contribution >= 0.6 is 0 Å². The number of likely N-dealkylation sites (tertiary alicyclic amines) is 1. The van der Waals surface area contributed by atoms with Gasteiger partial charge in [-0.15, -0.1) is 0 Å². The fraction of sp³-hybridized carbons (Fsp3) is 1.00. The maximum absolute atomic E-state index is 9.12. The van der Waals surface area contributed by atoms with Crippen LogP contribution in [-0.4, -0.2) is 61.4 Å². The van der Waals surface area contributed by atoms with Crippen molar-refractivity contribution in [2.24, 2.45) is 5.92 Å². The van der Waals surface area contributed by atoms with E-state index in [0.717, 1.165) is 26.2 Å². The molecule has 0 radical (unpaired) electrons. The molecule has 1 saturated heterocycles. The van der Waals surface area contributed by atoms with Crippen molar-refractivity contribution in [2.75, 3.05) is 40.3 Å². The normalized spacial score (nSPS) is 22.8. The number of likely N-dealkylation sites (N-methyl/N-ethyl adjacent to an activating group) is 1. The molecule has 1 aliphatic rings. The van der Waals surface area contributed by atoms with Gasteiger partial charge in [0.15, 0.2) is 6.23 Å². The maximum atomic E-state index is 9.12. The van der Waals surface area contributed by atoms with Gasteiger partial charge in [0.25, 0.3) is 0 Å². The highest BCUT2D eigenvalue weighted by Crippen LogP contribution is 2.15. The van der Waals surface area contributed by atoms with Crippen LogP contribution in [0.15, 0.2) is 0 Å². The molecule has 4 N–H and O–H groups in total. The molecule has 72 valence electrons. The predicted octanol–water partition coefficient (Wildman–Crippen LogP) is -1.96. The molecule has 1 aliphatic heterocycles. The second-order valence-electron chi connectivity index (χ2n) is 3.89. The summed E-state index contributed by atoms with van der Waals surface area (Å²) in [4.78, 5) is 4.52. The number of nitrogens with zero attached hydrogens (tertiary/aromatic N) is 2. The highest BCUT2D eigenvalue weighted by molar-refractivity contribution is 4.80. The van der Waals surface area contributed by atoms with E-state index in [0.29, 0.717) is 5.92 Å². The number of quaternary nitrogens is 1. The summed E-state index contributed by atoms with van der Waals surface area (Å²) in [6, 6.07) is 0. The number of aliphatic hydroxyl groups is 1. The van der Waals surface area contributed by atoms with Gasteiger partial charge in [-0.3, -0.25) is 0 Å². The lowest BCUT2D eigenvalue weighted by Gasteiger charge is -2.39. The van der Waals surface area contributed by atoms with Crippen LogP contribution in [0.5, 0.6) is 0 Å². The van der Waals surface area contributed by atoms with E-state index >= 15 is 0 Å². The van der Waals surface area contributed by atoms with E-state index in [2.05, 4.69) is 29.6 Å². The summed E-state index contributed by atoms with van der Waals surface area (Å²) in [5, 5.41) is 9.12. The van der Waals surface area contributed by atoms with Crippen molar-refractivity contribution in [2.45, 2.75) is 6.23 Å². The number of rotatable bonds is 4. The van der Waals surface area contributed by atoms with E-state index in [1.165, 1.54) is 0 Å². The molecular weight excluding hydrogens is 154 g/mol. The molecule has 12 heavy (non-hydrogen) atoms. The van der Waals surface area contributed by atoms with Crippen molar-refractivity contribution in [3.8, 4) is 0 Å². The van der Waals surface area contributed by atoms with Gasteiger partial charge in [-0.1, -0.05) is 0 Å². The number of hydrogen-bond acceptors (Lipinski definition) is 3. The minimum Gasteiger partial charge on any atom is -0.345 e. The highest BCUT2D eigenvalue weighted by Gasteiger charge is 2.32. The van der Waals surface area contributed by atoms with Gasteiger partial charge in [-0.05, 0) is 14.1 Å². The van der Waals surface area contributed by atoms with Crippen LogP contribution in [0.3, 0.4) is 0 Å². The van der Waals surface area contributed by atoms with Gasteiger partial charge in [0.05, 0.1) is 5.92 Å². The van der Waals surface area contributed by atoms with Crippen LogP contribution in [0, 0.1) is 5.92 Å². The summed E-state index contributed by atoms with van der Waals surface area (Å²) in [5.74, 6) is 0.409. The number of aliphatic hydroxyl groups excluding tert-OH is 1. The summed E-state index contributed by atoms with van der Waals surface area (Å²) < 4.78 is 0. The standard InChI is InChI=1S/C8H19N3O/c1-10(2)3-4-11-5-7(6-11)8(9)12/h7-8,12H,3-6,9H2,1-2H3/p+1. The van der Waals surface area contributed by atoms with E-state index in [1.807, 2.05) is 0 Å². The highest BCUT2D eigenvalue weighted by atomic mass is 16.3. The fourth-order valence-electron chi connectivity index (χ4n) is 1.38. The molecule has 1 atom stereocenters. The van der Waals surface area contributed by atoms with Crippen molar-refractivity contribution in [1.82, 2.24) is 9.80 Å². The third-order valence-electron chi connectivity index (χ3n) is 2.39. The lowest BCUT2D eigenvalue weighted by atomic mass is 9.99. The smallest absolute Gasteiger partial charge is 0.191 e. The minimum absolute atomic E-state index is 0.374. The third kappa shape index (κ3) is 2.71. The Labute approximate surface area is 73.9 Å². The van der Waals surface area contributed by atoms with Gasteiger partial charge in [-0.2, -0.15) is 0 Å². The van der Waals surface area contributed by atoms with Crippen LogP contribution in [0.25, 0.3) is 0 Å². The molecule has 1 fully saturated rings. The average molecular weight is 174 g/mol. The van der Waals surface area contributed by atoms with E-state index in [4.69, 9.17) is 5.11 Å². The molecule has 1 unspecified atom stereocenters. The SMILES string of the molecule is CN(C)CCN1CC(C([NH3+])O)C1. The van der Waals surface area contributed by atoms with Crippen LogP contribution in [0.1, 0.15) is 0 Å². The Balaban J connectivity index is 2.02. The average Bonchev–Trinajstić information content (AvgIpc) is 1.82. The summed E-state index contributed by atoms with van der Waals surface area (Å²) in [6.07, 6.45) is -0.374. The first-order valence-corrected chi connectivity index (χ1v) is 4.48. The summed E-state index contributed by atoms with van der Waals surface area (Å²) in [6.45, 7) is 4.23. The van der Waals surface area contributed by atoms with Gasteiger partial charge < -0.3 is 20.6 Å². The van der Waals surface area contributed by atoms with E-state index in [1.54, 1.807) is 0 Å². The lowest BCUT2D eigenvalue weighted by molar-refractivity contribution is -0.501. The van der Waals surface area contributed by atoms with Gasteiger partial charge in [-0.25, -0.2) is 0 Å². The quantitative estimate of drug-likeness (QED) is 0.487. The molecule has 1 rings (SSSR count). The Morgan fingerprint density at radius 1 is 1.58 bits per heavy atom. The van der Waals surface area contributed by atoms with Crippen LogP contribution in [0.4, 0.5) is 0 Å². The molecule has 1 heterocycles. The molecule has 0 aliphatic carbocycles. The Kier molecular flexibility index (Phi) is 3.46. The Morgan fingerprint density at radius 3 is 2.58 bits per heavy atom. The first kappa shape index (κ1) is 9.92. The van der Waals surface area contributed by atoms with Crippen molar-refractivity contribution >= 4 is 0 Å².